The molecule has 1 atom stereocenters. The molecule has 1 N–H and O–H groups in total. The van der Waals surface area contributed by atoms with Crippen molar-refractivity contribution in [1.82, 2.24) is 25.1 Å². The van der Waals surface area contributed by atoms with E-state index in [0.717, 1.165) is 37.6 Å². The topological polar surface area (TPSA) is 90.9 Å². The number of likely N-dealkylation sites (N-methyl/N-ethyl adjacent to an activating group) is 1. The number of pyridine rings is 1. The Morgan fingerprint density at radius 1 is 1.32 bits per heavy atom. The van der Waals surface area contributed by atoms with E-state index < -0.39 is 0 Å². The van der Waals surface area contributed by atoms with Gasteiger partial charge in [-0.15, -0.1) is 5.10 Å². The molecule has 0 aromatic carbocycles. The summed E-state index contributed by atoms with van der Waals surface area (Å²) in [5.41, 5.74) is 0.754. The zero-order chi connectivity index (χ0) is 17.2. The summed E-state index contributed by atoms with van der Waals surface area (Å²) in [4.78, 5) is 27.6. The molecule has 0 amide bonds. The average molecular weight is 337 g/mol. The number of H-pyrrole nitrogens is 1. The number of rotatable bonds is 3. The van der Waals surface area contributed by atoms with Crippen molar-refractivity contribution in [1.29, 1.82) is 0 Å². The normalized spacial score (nSPS) is 17.6. The Balaban J connectivity index is 1.59. The van der Waals surface area contributed by atoms with Crippen molar-refractivity contribution in [2.45, 2.75) is 18.9 Å². The van der Waals surface area contributed by atoms with E-state index in [9.17, 15) is 4.79 Å². The Bertz CT molecular complexity index is 927. The second kappa shape index (κ2) is 6.46. The van der Waals surface area contributed by atoms with Gasteiger partial charge in [0.25, 0.3) is 5.56 Å². The van der Waals surface area contributed by atoms with Crippen molar-refractivity contribution in [2.24, 2.45) is 0 Å². The van der Waals surface area contributed by atoms with Gasteiger partial charge >= 0.3 is 0 Å². The van der Waals surface area contributed by atoms with Crippen LogP contribution in [0.3, 0.4) is 0 Å². The van der Waals surface area contributed by atoms with E-state index in [4.69, 9.17) is 0 Å². The molecule has 128 valence electrons. The van der Waals surface area contributed by atoms with Crippen LogP contribution in [-0.4, -0.2) is 51.3 Å². The van der Waals surface area contributed by atoms with Crippen LogP contribution in [0.2, 0.25) is 0 Å². The molecule has 8 nitrogen and oxygen atoms in total. The number of anilines is 2. The van der Waals surface area contributed by atoms with Gasteiger partial charge in [0.2, 0.25) is 0 Å². The Morgan fingerprint density at radius 3 is 3.08 bits per heavy atom. The second-order valence-electron chi connectivity index (χ2n) is 6.20. The van der Waals surface area contributed by atoms with Gasteiger partial charge in [-0.3, -0.25) is 4.79 Å². The molecule has 4 rings (SSSR count). The van der Waals surface area contributed by atoms with Crippen molar-refractivity contribution < 1.29 is 0 Å². The highest BCUT2D eigenvalue weighted by molar-refractivity contribution is 5.74. The maximum atomic E-state index is 12.0. The van der Waals surface area contributed by atoms with E-state index in [1.807, 2.05) is 31.3 Å². The van der Waals surface area contributed by atoms with Gasteiger partial charge in [0.1, 0.15) is 5.82 Å². The number of aromatic amines is 1. The zero-order valence-electron chi connectivity index (χ0n) is 14.0. The number of hydrogen-bond acceptors (Lipinski definition) is 7. The molecule has 0 saturated carbocycles. The highest BCUT2D eigenvalue weighted by Gasteiger charge is 2.25. The predicted molar refractivity (Wildman–Crippen MR) is 95.8 cm³/mol. The number of nitrogens with zero attached hydrogens (tertiary/aromatic N) is 6. The largest absolute Gasteiger partial charge is 0.355 e. The second-order valence-corrected chi connectivity index (χ2v) is 6.20. The Hall–Kier alpha value is -3.03. The lowest BCUT2D eigenvalue weighted by atomic mass is 10.0. The Kier molecular flexibility index (Phi) is 4.01. The molecule has 3 aromatic heterocycles. The predicted octanol–water partition coefficient (Wildman–Crippen LogP) is 1.21. The van der Waals surface area contributed by atoms with Crippen LogP contribution in [0.1, 0.15) is 12.8 Å². The first-order valence-electron chi connectivity index (χ1n) is 8.32. The molecule has 1 aliphatic rings. The van der Waals surface area contributed by atoms with Gasteiger partial charge in [0.15, 0.2) is 11.3 Å². The third kappa shape index (κ3) is 3.02. The minimum Gasteiger partial charge on any atom is -0.355 e. The van der Waals surface area contributed by atoms with Gasteiger partial charge < -0.3 is 14.8 Å². The lowest BCUT2D eigenvalue weighted by Crippen LogP contribution is -2.47. The number of nitrogens with one attached hydrogen (secondary N) is 1. The minimum absolute atomic E-state index is 0.218. The van der Waals surface area contributed by atoms with Crippen LogP contribution in [0.15, 0.2) is 41.6 Å². The van der Waals surface area contributed by atoms with Crippen molar-refractivity contribution in [3.63, 3.8) is 0 Å². The summed E-state index contributed by atoms with van der Waals surface area (Å²) < 4.78 is 0. The smallest absolute Gasteiger partial charge is 0.277 e. The molecule has 3 aromatic rings. The Morgan fingerprint density at radius 2 is 2.24 bits per heavy atom. The fourth-order valence-electron chi connectivity index (χ4n) is 3.27. The zero-order valence-corrected chi connectivity index (χ0v) is 14.0. The summed E-state index contributed by atoms with van der Waals surface area (Å²) in [6, 6.07) is 7.92. The molecule has 0 bridgehead atoms. The highest BCUT2D eigenvalue weighted by Crippen LogP contribution is 2.23. The maximum Gasteiger partial charge on any atom is 0.277 e. The van der Waals surface area contributed by atoms with E-state index in [1.165, 1.54) is 6.33 Å². The van der Waals surface area contributed by atoms with E-state index in [1.54, 1.807) is 6.20 Å². The average Bonchev–Trinajstić information content (AvgIpc) is 2.68. The summed E-state index contributed by atoms with van der Waals surface area (Å²) in [5, 5.41) is 8.18. The molecule has 0 radical (unpaired) electrons. The third-order valence-electron chi connectivity index (χ3n) is 4.66. The molecular weight excluding hydrogens is 318 g/mol. The molecule has 8 heteroatoms. The van der Waals surface area contributed by atoms with Crippen molar-refractivity contribution in [2.75, 3.05) is 29.9 Å². The molecule has 1 saturated heterocycles. The van der Waals surface area contributed by atoms with Crippen LogP contribution >= 0.6 is 0 Å². The van der Waals surface area contributed by atoms with Crippen molar-refractivity contribution >= 4 is 22.7 Å². The van der Waals surface area contributed by atoms with E-state index >= 15 is 0 Å². The standard InChI is InChI=1S/C17H19N7O/c1-23(14-7-6-13-16(21-14)17(25)19-11-18-13)12-4-3-9-24(10-12)15-5-2-8-20-22-15/h2,5-8,11-12H,3-4,9-10H2,1H3,(H,18,19,25). The Labute approximate surface area is 144 Å². The summed E-state index contributed by atoms with van der Waals surface area (Å²) in [6.07, 6.45) is 5.22. The maximum absolute atomic E-state index is 12.0. The van der Waals surface area contributed by atoms with Gasteiger partial charge in [0.05, 0.1) is 11.8 Å². The van der Waals surface area contributed by atoms with Crippen LogP contribution in [0.25, 0.3) is 11.0 Å². The van der Waals surface area contributed by atoms with Gasteiger partial charge in [-0.2, -0.15) is 5.10 Å². The molecule has 1 aliphatic heterocycles. The molecule has 25 heavy (non-hydrogen) atoms. The van der Waals surface area contributed by atoms with Gasteiger partial charge in [-0.1, -0.05) is 0 Å². The SMILES string of the molecule is CN(c1ccc2nc[nH]c(=O)c2n1)C1CCCN(c2cccnn2)C1. The summed E-state index contributed by atoms with van der Waals surface area (Å²) in [7, 11) is 2.02. The molecule has 1 unspecified atom stereocenters. The number of fused-ring (bicyclic) bond motifs is 1. The summed E-state index contributed by atoms with van der Waals surface area (Å²) in [6.45, 7) is 1.82. The van der Waals surface area contributed by atoms with Crippen LogP contribution in [0.5, 0.6) is 0 Å². The van der Waals surface area contributed by atoms with E-state index in [0.29, 0.717) is 11.0 Å². The molecule has 0 aliphatic carbocycles. The minimum atomic E-state index is -0.218. The monoisotopic (exact) mass is 337 g/mol. The molecule has 0 spiro atoms. The number of aromatic nitrogens is 5. The van der Waals surface area contributed by atoms with Crippen molar-refractivity contribution in [3.8, 4) is 0 Å². The van der Waals surface area contributed by atoms with Gasteiger partial charge in [-0.05, 0) is 37.1 Å². The molecule has 4 heterocycles. The van der Waals surface area contributed by atoms with Crippen LogP contribution in [0, 0.1) is 0 Å². The molecular formula is C17H19N7O. The first kappa shape index (κ1) is 15.5. The highest BCUT2D eigenvalue weighted by atomic mass is 16.1. The first-order valence-corrected chi connectivity index (χ1v) is 8.32. The van der Waals surface area contributed by atoms with Crippen molar-refractivity contribution in [3.05, 3.63) is 47.1 Å². The van der Waals surface area contributed by atoms with Crippen LogP contribution in [-0.2, 0) is 0 Å². The number of piperidine rings is 1. The van der Waals surface area contributed by atoms with Gasteiger partial charge in [0, 0.05) is 32.4 Å². The summed E-state index contributed by atoms with van der Waals surface area (Å²) in [5.74, 6) is 1.67. The first-order chi connectivity index (χ1) is 12.2. The quantitative estimate of drug-likeness (QED) is 0.768. The van der Waals surface area contributed by atoms with E-state index in [2.05, 4.69) is 34.9 Å². The lowest BCUT2D eigenvalue weighted by molar-refractivity contribution is 0.482. The third-order valence-corrected chi connectivity index (χ3v) is 4.66. The van der Waals surface area contributed by atoms with E-state index in [-0.39, 0.29) is 11.6 Å². The molecule has 1 fully saturated rings. The van der Waals surface area contributed by atoms with Crippen LogP contribution in [0.4, 0.5) is 11.6 Å². The fourth-order valence-corrected chi connectivity index (χ4v) is 3.27. The number of hydrogen-bond donors (Lipinski definition) is 1. The summed E-state index contributed by atoms with van der Waals surface area (Å²) >= 11 is 0. The lowest BCUT2D eigenvalue weighted by Gasteiger charge is -2.38. The fraction of sp³-hybridized carbons (Fsp3) is 0.353. The van der Waals surface area contributed by atoms with Gasteiger partial charge in [-0.25, -0.2) is 9.97 Å². The van der Waals surface area contributed by atoms with Crippen LogP contribution < -0.4 is 15.4 Å².